The fourth-order valence-electron chi connectivity index (χ4n) is 2.08. The SMILES string of the molecule is CC1CC1CN(C)S(=O)(=O)c1cc(CCl)ccc1Br. The Morgan fingerprint density at radius 3 is 2.63 bits per heavy atom. The quantitative estimate of drug-likeness (QED) is 0.748. The largest absolute Gasteiger partial charge is 0.243 e. The van der Waals surface area contributed by atoms with Gasteiger partial charge < -0.3 is 0 Å². The van der Waals surface area contributed by atoms with Crippen molar-refractivity contribution in [2.24, 2.45) is 11.8 Å². The second-order valence-electron chi connectivity index (χ2n) is 5.16. The van der Waals surface area contributed by atoms with E-state index in [0.717, 1.165) is 12.0 Å². The van der Waals surface area contributed by atoms with Gasteiger partial charge in [-0.1, -0.05) is 13.0 Å². The summed E-state index contributed by atoms with van der Waals surface area (Å²) in [5, 5.41) is 0. The van der Waals surface area contributed by atoms with E-state index in [1.807, 2.05) is 6.07 Å². The lowest BCUT2D eigenvalue weighted by molar-refractivity contribution is 0.444. The van der Waals surface area contributed by atoms with E-state index in [2.05, 4.69) is 22.9 Å². The number of hydrogen-bond donors (Lipinski definition) is 0. The number of nitrogens with zero attached hydrogens (tertiary/aromatic N) is 1. The molecule has 0 saturated heterocycles. The highest BCUT2D eigenvalue weighted by Crippen LogP contribution is 2.39. The molecule has 19 heavy (non-hydrogen) atoms. The Labute approximate surface area is 128 Å². The summed E-state index contributed by atoms with van der Waals surface area (Å²) >= 11 is 9.08. The minimum absolute atomic E-state index is 0.293. The van der Waals surface area contributed by atoms with E-state index in [1.54, 1.807) is 19.2 Å². The van der Waals surface area contributed by atoms with Gasteiger partial charge in [-0.25, -0.2) is 12.7 Å². The molecule has 2 unspecified atom stereocenters. The zero-order valence-electron chi connectivity index (χ0n) is 10.9. The molecule has 2 atom stereocenters. The smallest absolute Gasteiger partial charge is 0.207 e. The fraction of sp³-hybridized carbons (Fsp3) is 0.538. The summed E-state index contributed by atoms with van der Waals surface area (Å²) < 4.78 is 27.1. The van der Waals surface area contributed by atoms with Crippen LogP contribution in [0.3, 0.4) is 0 Å². The molecule has 1 aliphatic carbocycles. The normalized spacial score (nSPS) is 22.8. The Morgan fingerprint density at radius 2 is 2.11 bits per heavy atom. The molecule has 1 aromatic rings. The van der Waals surface area contributed by atoms with Crippen molar-refractivity contribution in [2.45, 2.75) is 24.1 Å². The molecule has 0 heterocycles. The van der Waals surface area contributed by atoms with Crippen LogP contribution in [0.25, 0.3) is 0 Å². The summed E-state index contributed by atoms with van der Waals surface area (Å²) in [6.07, 6.45) is 1.11. The standard InChI is InChI=1S/C13H17BrClNO2S/c1-9-5-11(9)8-16(2)19(17,18)13-6-10(7-15)3-4-12(13)14/h3-4,6,9,11H,5,7-8H2,1-2H3. The van der Waals surface area contributed by atoms with Gasteiger partial charge in [0.25, 0.3) is 0 Å². The van der Waals surface area contributed by atoms with Gasteiger partial charge >= 0.3 is 0 Å². The molecule has 0 radical (unpaired) electrons. The average Bonchev–Trinajstić information content (AvgIpc) is 3.05. The molecule has 0 amide bonds. The molecule has 0 N–H and O–H groups in total. The second kappa shape index (κ2) is 5.72. The van der Waals surface area contributed by atoms with E-state index in [-0.39, 0.29) is 0 Å². The molecule has 1 aromatic carbocycles. The van der Waals surface area contributed by atoms with Crippen molar-refractivity contribution >= 4 is 37.6 Å². The van der Waals surface area contributed by atoms with Crippen molar-refractivity contribution in [3.63, 3.8) is 0 Å². The highest BCUT2D eigenvalue weighted by atomic mass is 79.9. The zero-order valence-corrected chi connectivity index (χ0v) is 14.1. The van der Waals surface area contributed by atoms with Gasteiger partial charge in [-0.15, -0.1) is 11.6 Å². The van der Waals surface area contributed by atoms with Crippen molar-refractivity contribution in [3.8, 4) is 0 Å². The van der Waals surface area contributed by atoms with Gasteiger partial charge in [0.05, 0.1) is 4.90 Å². The van der Waals surface area contributed by atoms with E-state index < -0.39 is 10.0 Å². The summed E-state index contributed by atoms with van der Waals surface area (Å²) in [5.41, 5.74) is 0.802. The first kappa shape index (κ1) is 15.3. The summed E-state index contributed by atoms with van der Waals surface area (Å²) in [5.74, 6) is 1.43. The van der Waals surface area contributed by atoms with Gasteiger partial charge in [0.1, 0.15) is 0 Å². The highest BCUT2D eigenvalue weighted by Gasteiger charge is 2.36. The number of alkyl halides is 1. The van der Waals surface area contributed by atoms with Gasteiger partial charge in [-0.3, -0.25) is 0 Å². The Kier molecular flexibility index (Phi) is 4.60. The van der Waals surface area contributed by atoms with Crippen LogP contribution >= 0.6 is 27.5 Å². The topological polar surface area (TPSA) is 37.4 Å². The Hall–Kier alpha value is -0.100. The number of rotatable bonds is 5. The van der Waals surface area contributed by atoms with Gasteiger partial charge in [-0.2, -0.15) is 0 Å². The van der Waals surface area contributed by atoms with Crippen LogP contribution in [-0.2, 0) is 15.9 Å². The Morgan fingerprint density at radius 1 is 1.47 bits per heavy atom. The van der Waals surface area contributed by atoms with E-state index in [9.17, 15) is 8.42 Å². The molecule has 1 saturated carbocycles. The predicted octanol–water partition coefficient (Wildman–Crippen LogP) is 3.46. The Balaban J connectivity index is 2.27. The van der Waals surface area contributed by atoms with Crippen LogP contribution in [0, 0.1) is 11.8 Å². The Bertz CT molecular complexity index is 576. The first-order valence-corrected chi connectivity index (χ1v) is 8.93. The van der Waals surface area contributed by atoms with Crippen molar-refractivity contribution in [3.05, 3.63) is 28.2 Å². The molecule has 0 aliphatic heterocycles. The van der Waals surface area contributed by atoms with Crippen LogP contribution in [-0.4, -0.2) is 26.3 Å². The van der Waals surface area contributed by atoms with Gasteiger partial charge in [0, 0.05) is 23.9 Å². The van der Waals surface area contributed by atoms with Crippen molar-refractivity contribution < 1.29 is 8.42 Å². The van der Waals surface area contributed by atoms with Gasteiger partial charge in [0.2, 0.25) is 10.0 Å². The van der Waals surface area contributed by atoms with E-state index in [4.69, 9.17) is 11.6 Å². The van der Waals surface area contributed by atoms with Gasteiger partial charge in [-0.05, 0) is 51.9 Å². The van der Waals surface area contributed by atoms with Crippen LogP contribution in [0.1, 0.15) is 18.9 Å². The minimum Gasteiger partial charge on any atom is -0.207 e. The maximum absolute atomic E-state index is 12.5. The second-order valence-corrected chi connectivity index (χ2v) is 8.29. The van der Waals surface area contributed by atoms with Crippen LogP contribution < -0.4 is 0 Å². The molecule has 0 aromatic heterocycles. The van der Waals surface area contributed by atoms with E-state index in [1.165, 1.54) is 4.31 Å². The minimum atomic E-state index is -3.45. The third kappa shape index (κ3) is 3.32. The van der Waals surface area contributed by atoms with E-state index >= 15 is 0 Å². The van der Waals surface area contributed by atoms with Crippen molar-refractivity contribution in [2.75, 3.05) is 13.6 Å². The molecule has 1 aliphatic rings. The lowest BCUT2D eigenvalue weighted by Crippen LogP contribution is -2.29. The number of hydrogen-bond acceptors (Lipinski definition) is 2. The molecule has 6 heteroatoms. The highest BCUT2D eigenvalue weighted by molar-refractivity contribution is 9.10. The van der Waals surface area contributed by atoms with Crippen molar-refractivity contribution in [1.82, 2.24) is 4.31 Å². The summed E-state index contributed by atoms with van der Waals surface area (Å²) in [4.78, 5) is 0.293. The average molecular weight is 367 g/mol. The monoisotopic (exact) mass is 365 g/mol. The molecule has 2 rings (SSSR count). The molecule has 3 nitrogen and oxygen atoms in total. The third-order valence-electron chi connectivity index (χ3n) is 3.61. The molecular weight excluding hydrogens is 350 g/mol. The van der Waals surface area contributed by atoms with E-state index in [0.29, 0.717) is 33.6 Å². The van der Waals surface area contributed by atoms with Crippen molar-refractivity contribution in [1.29, 1.82) is 0 Å². The van der Waals surface area contributed by atoms with Gasteiger partial charge in [0.15, 0.2) is 0 Å². The number of sulfonamides is 1. The summed E-state index contributed by atoms with van der Waals surface area (Å²) in [6, 6.07) is 5.19. The number of halogens is 2. The zero-order chi connectivity index (χ0) is 14.2. The molecule has 0 bridgehead atoms. The lowest BCUT2D eigenvalue weighted by atomic mass is 10.2. The summed E-state index contributed by atoms with van der Waals surface area (Å²) in [7, 11) is -1.81. The van der Waals surface area contributed by atoms with Crippen LogP contribution in [0.4, 0.5) is 0 Å². The van der Waals surface area contributed by atoms with Crippen LogP contribution in [0.15, 0.2) is 27.6 Å². The first-order chi connectivity index (χ1) is 8.86. The summed E-state index contributed by atoms with van der Waals surface area (Å²) in [6.45, 7) is 2.73. The first-order valence-electron chi connectivity index (χ1n) is 6.17. The maximum atomic E-state index is 12.5. The maximum Gasteiger partial charge on any atom is 0.243 e. The lowest BCUT2D eigenvalue weighted by Gasteiger charge is -2.18. The molecule has 1 fully saturated rings. The molecule has 0 spiro atoms. The fourth-order valence-corrected chi connectivity index (χ4v) is 4.44. The number of benzene rings is 1. The predicted molar refractivity (Wildman–Crippen MR) is 80.8 cm³/mol. The van der Waals surface area contributed by atoms with Crippen LogP contribution in [0.2, 0.25) is 0 Å². The third-order valence-corrected chi connectivity index (χ3v) is 6.73. The van der Waals surface area contributed by atoms with Crippen LogP contribution in [0.5, 0.6) is 0 Å². The molecule has 106 valence electrons. The molecular formula is C13H17BrClNO2S.